The Kier molecular flexibility index (Phi) is 7.99. The van der Waals surface area contributed by atoms with E-state index in [4.69, 9.17) is 17.3 Å². The van der Waals surface area contributed by atoms with E-state index < -0.39 is 0 Å². The minimum Gasteiger partial charge on any atom is -0.349 e. The van der Waals surface area contributed by atoms with Gasteiger partial charge in [0.1, 0.15) is 5.01 Å². The first-order valence-corrected chi connectivity index (χ1v) is 8.43. The Morgan fingerprint density at radius 1 is 1.39 bits per heavy atom. The van der Waals surface area contributed by atoms with E-state index in [1.165, 1.54) is 0 Å². The van der Waals surface area contributed by atoms with Crippen LogP contribution in [-0.2, 0) is 4.79 Å². The number of hydrogen-bond acceptors (Lipinski definition) is 4. The molecule has 4 nitrogen and oxygen atoms in total. The zero-order valence-corrected chi connectivity index (χ0v) is 15.5. The average Bonchev–Trinajstić information content (AvgIpc) is 2.88. The molecule has 0 aliphatic carbocycles. The first-order valence-electron chi connectivity index (χ1n) is 7.24. The van der Waals surface area contributed by atoms with Crippen molar-refractivity contribution < 1.29 is 4.79 Å². The van der Waals surface area contributed by atoms with E-state index in [1.54, 1.807) is 11.3 Å². The minimum atomic E-state index is -0.0520. The molecule has 0 fully saturated rings. The van der Waals surface area contributed by atoms with E-state index in [-0.39, 0.29) is 24.4 Å². The summed E-state index contributed by atoms with van der Waals surface area (Å²) >= 11 is 7.51. The zero-order chi connectivity index (χ0) is 16.1. The van der Waals surface area contributed by atoms with Crippen molar-refractivity contribution in [1.82, 2.24) is 10.3 Å². The van der Waals surface area contributed by atoms with Crippen molar-refractivity contribution >= 4 is 41.3 Å². The van der Waals surface area contributed by atoms with Crippen LogP contribution < -0.4 is 11.1 Å². The monoisotopic (exact) mass is 373 g/mol. The molecule has 0 spiro atoms. The number of hydrogen-bond donors (Lipinski definition) is 2. The van der Waals surface area contributed by atoms with E-state index in [9.17, 15) is 4.79 Å². The van der Waals surface area contributed by atoms with E-state index in [1.807, 2.05) is 38.1 Å². The maximum atomic E-state index is 11.8. The van der Waals surface area contributed by atoms with Crippen LogP contribution in [0.2, 0.25) is 5.02 Å². The number of thiazole rings is 1. The van der Waals surface area contributed by atoms with Gasteiger partial charge in [-0.15, -0.1) is 23.7 Å². The summed E-state index contributed by atoms with van der Waals surface area (Å²) in [6.07, 6.45) is 1.17. The second kappa shape index (κ2) is 9.23. The van der Waals surface area contributed by atoms with Crippen LogP contribution in [0.4, 0.5) is 0 Å². The van der Waals surface area contributed by atoms with Crippen LogP contribution in [0.1, 0.15) is 36.4 Å². The van der Waals surface area contributed by atoms with Gasteiger partial charge < -0.3 is 11.1 Å². The van der Waals surface area contributed by atoms with E-state index >= 15 is 0 Å². The molecule has 1 atom stereocenters. The SMILES string of the molecule is Cc1nc(-c2ccc(Cl)cc2)sc1C(C)NC(=O)CCCN.Cl. The number of rotatable bonds is 6. The van der Waals surface area contributed by atoms with Crippen LogP contribution in [0.25, 0.3) is 10.6 Å². The molecule has 2 aromatic rings. The molecular weight excluding hydrogens is 353 g/mol. The number of halogens is 2. The van der Waals surface area contributed by atoms with E-state index in [0.717, 1.165) is 21.1 Å². The highest BCUT2D eigenvalue weighted by molar-refractivity contribution is 7.15. The summed E-state index contributed by atoms with van der Waals surface area (Å²) in [5, 5.41) is 4.64. The molecule has 1 unspecified atom stereocenters. The number of amides is 1. The van der Waals surface area contributed by atoms with Gasteiger partial charge >= 0.3 is 0 Å². The number of carbonyl (C=O) groups is 1. The molecule has 0 radical (unpaired) electrons. The Morgan fingerprint density at radius 3 is 2.65 bits per heavy atom. The smallest absolute Gasteiger partial charge is 0.220 e. The molecule has 0 aliphatic heterocycles. The third-order valence-corrected chi connectivity index (χ3v) is 4.94. The lowest BCUT2D eigenvalue weighted by Crippen LogP contribution is -2.26. The lowest BCUT2D eigenvalue weighted by molar-refractivity contribution is -0.121. The van der Waals surface area contributed by atoms with Gasteiger partial charge in [-0.2, -0.15) is 0 Å². The van der Waals surface area contributed by atoms with Gasteiger partial charge in [0.25, 0.3) is 0 Å². The van der Waals surface area contributed by atoms with Gasteiger partial charge in [0.2, 0.25) is 5.91 Å². The van der Waals surface area contributed by atoms with Gasteiger partial charge in [-0.3, -0.25) is 4.79 Å². The minimum absolute atomic E-state index is 0. The van der Waals surface area contributed by atoms with Gasteiger partial charge in [0.15, 0.2) is 0 Å². The molecule has 1 heterocycles. The predicted molar refractivity (Wildman–Crippen MR) is 99.4 cm³/mol. The summed E-state index contributed by atoms with van der Waals surface area (Å²) < 4.78 is 0. The molecule has 3 N–H and O–H groups in total. The Balaban J connectivity index is 0.00000264. The topological polar surface area (TPSA) is 68.0 Å². The van der Waals surface area contributed by atoms with Crippen LogP contribution in [0, 0.1) is 6.92 Å². The maximum Gasteiger partial charge on any atom is 0.220 e. The summed E-state index contributed by atoms with van der Waals surface area (Å²) in [5.74, 6) is 0.0267. The zero-order valence-electron chi connectivity index (χ0n) is 13.1. The summed E-state index contributed by atoms with van der Waals surface area (Å²) in [4.78, 5) is 17.5. The normalized spacial score (nSPS) is 11.7. The van der Waals surface area contributed by atoms with Gasteiger partial charge in [0.05, 0.1) is 16.6 Å². The largest absolute Gasteiger partial charge is 0.349 e. The Morgan fingerprint density at radius 2 is 2.04 bits per heavy atom. The van der Waals surface area contributed by atoms with Crippen LogP contribution in [0.15, 0.2) is 24.3 Å². The third-order valence-electron chi connectivity index (χ3n) is 3.30. The summed E-state index contributed by atoms with van der Waals surface area (Å²) in [6, 6.07) is 7.56. The molecule has 126 valence electrons. The van der Waals surface area contributed by atoms with Gasteiger partial charge in [-0.1, -0.05) is 23.7 Å². The van der Waals surface area contributed by atoms with Crippen molar-refractivity contribution in [2.45, 2.75) is 32.7 Å². The highest BCUT2D eigenvalue weighted by Crippen LogP contribution is 2.32. The predicted octanol–water partition coefficient (Wildman–Crippen LogP) is 4.11. The molecule has 1 amide bonds. The molecule has 0 saturated heterocycles. The number of nitrogens with two attached hydrogens (primary N) is 1. The van der Waals surface area contributed by atoms with Crippen molar-refractivity contribution in [3.8, 4) is 10.6 Å². The van der Waals surface area contributed by atoms with Crippen molar-refractivity contribution in [2.75, 3.05) is 6.54 Å². The van der Waals surface area contributed by atoms with Crippen LogP contribution in [0.3, 0.4) is 0 Å². The third kappa shape index (κ3) is 5.46. The summed E-state index contributed by atoms with van der Waals surface area (Å²) in [7, 11) is 0. The van der Waals surface area contributed by atoms with E-state index in [2.05, 4.69) is 10.3 Å². The Hall–Kier alpha value is -1.14. The number of benzene rings is 1. The van der Waals surface area contributed by atoms with Crippen molar-refractivity contribution in [3.63, 3.8) is 0 Å². The van der Waals surface area contributed by atoms with Crippen LogP contribution in [0.5, 0.6) is 0 Å². The lowest BCUT2D eigenvalue weighted by atomic mass is 10.2. The standard InChI is InChI=1S/C16H20ClN3OS.ClH/c1-10(19-14(21)4-3-9-18)15-11(2)20-16(22-15)12-5-7-13(17)8-6-12;/h5-8,10H,3-4,9,18H2,1-2H3,(H,19,21);1H. The van der Waals surface area contributed by atoms with Crippen molar-refractivity contribution in [2.24, 2.45) is 5.73 Å². The van der Waals surface area contributed by atoms with Crippen LogP contribution in [-0.4, -0.2) is 17.4 Å². The molecule has 1 aromatic carbocycles. The molecule has 1 aromatic heterocycles. The molecule has 0 aliphatic rings. The fourth-order valence-electron chi connectivity index (χ4n) is 2.17. The number of aryl methyl sites for hydroxylation is 1. The first-order chi connectivity index (χ1) is 10.5. The maximum absolute atomic E-state index is 11.8. The number of carbonyl (C=O) groups excluding carboxylic acids is 1. The molecular formula is C16H21Cl2N3OS. The number of nitrogens with zero attached hydrogens (tertiary/aromatic N) is 1. The number of aromatic nitrogens is 1. The Bertz CT molecular complexity index is 643. The van der Waals surface area contributed by atoms with Crippen molar-refractivity contribution in [1.29, 1.82) is 0 Å². The molecule has 2 rings (SSSR count). The quantitative estimate of drug-likeness (QED) is 0.800. The van der Waals surface area contributed by atoms with E-state index in [0.29, 0.717) is 24.4 Å². The highest BCUT2D eigenvalue weighted by atomic mass is 35.5. The average molecular weight is 374 g/mol. The molecule has 0 bridgehead atoms. The number of nitrogens with one attached hydrogen (secondary N) is 1. The second-order valence-electron chi connectivity index (χ2n) is 5.16. The fraction of sp³-hybridized carbons (Fsp3) is 0.375. The van der Waals surface area contributed by atoms with Gasteiger partial charge in [-0.25, -0.2) is 4.98 Å². The van der Waals surface area contributed by atoms with Crippen LogP contribution >= 0.6 is 35.3 Å². The fourth-order valence-corrected chi connectivity index (χ4v) is 3.37. The highest BCUT2D eigenvalue weighted by Gasteiger charge is 2.17. The molecule has 0 saturated carbocycles. The second-order valence-corrected chi connectivity index (χ2v) is 6.62. The van der Waals surface area contributed by atoms with Gasteiger partial charge in [0, 0.05) is 17.0 Å². The molecule has 23 heavy (non-hydrogen) atoms. The lowest BCUT2D eigenvalue weighted by Gasteiger charge is -2.12. The Labute approximate surface area is 151 Å². The van der Waals surface area contributed by atoms with Crippen molar-refractivity contribution in [3.05, 3.63) is 39.9 Å². The summed E-state index contributed by atoms with van der Waals surface area (Å²) in [6.45, 7) is 4.47. The molecule has 7 heteroatoms. The first kappa shape index (κ1) is 19.9. The van der Waals surface area contributed by atoms with Gasteiger partial charge in [-0.05, 0) is 38.9 Å². The summed E-state index contributed by atoms with van der Waals surface area (Å²) in [5.41, 5.74) is 7.40.